The zero-order valence-electron chi connectivity index (χ0n) is 17.4. The van der Waals surface area contributed by atoms with E-state index in [2.05, 4.69) is 15.6 Å². The second kappa shape index (κ2) is 9.15. The molecule has 3 rings (SSSR count). The van der Waals surface area contributed by atoms with Crippen molar-refractivity contribution < 1.29 is 23.1 Å². The SMILES string of the molecule is CC(=NNC(=S)N1CCC(C(=O)O)CC1)c1c(C)[nH]n(-c2ccc(C(F)(F)F)cc2)c1=O. The summed E-state index contributed by atoms with van der Waals surface area (Å²) in [6, 6.07) is 4.24. The number of hydrogen-bond acceptors (Lipinski definition) is 4. The van der Waals surface area contributed by atoms with E-state index in [4.69, 9.17) is 17.3 Å². The molecule has 0 spiro atoms. The third-order valence-electron chi connectivity index (χ3n) is 5.34. The predicted molar refractivity (Wildman–Crippen MR) is 116 cm³/mol. The number of likely N-dealkylation sites (tertiary alicyclic amines) is 1. The van der Waals surface area contributed by atoms with E-state index in [9.17, 15) is 22.8 Å². The van der Waals surface area contributed by atoms with Crippen LogP contribution in [0.15, 0.2) is 34.2 Å². The summed E-state index contributed by atoms with van der Waals surface area (Å²) in [7, 11) is 0. The molecule has 1 aromatic heterocycles. The van der Waals surface area contributed by atoms with E-state index in [0.29, 0.717) is 42.4 Å². The molecule has 3 N–H and O–H groups in total. The van der Waals surface area contributed by atoms with Crippen LogP contribution < -0.4 is 11.0 Å². The topological polar surface area (TPSA) is 103 Å². The molecule has 0 saturated carbocycles. The van der Waals surface area contributed by atoms with E-state index in [0.717, 1.165) is 16.8 Å². The van der Waals surface area contributed by atoms with Crippen molar-refractivity contribution >= 4 is 29.0 Å². The first kappa shape index (κ1) is 23.5. The van der Waals surface area contributed by atoms with Gasteiger partial charge in [-0.25, -0.2) is 4.68 Å². The predicted octanol–water partition coefficient (Wildman–Crippen LogP) is 2.89. The van der Waals surface area contributed by atoms with Gasteiger partial charge in [-0.15, -0.1) is 0 Å². The van der Waals surface area contributed by atoms with Gasteiger partial charge in [-0.05, 0) is 63.2 Å². The number of H-pyrrole nitrogens is 1. The standard InChI is InChI=1S/C20H22F3N5O3S/c1-11(24-25-19(32)27-9-7-13(8-10-27)18(30)31)16-12(2)26-28(17(16)29)15-5-3-14(4-6-15)20(21,22)23/h3-6,13,26H,7-10H2,1-2H3,(H,25,32)(H,30,31). The summed E-state index contributed by atoms with van der Waals surface area (Å²) < 4.78 is 39.5. The van der Waals surface area contributed by atoms with Crippen LogP contribution >= 0.6 is 12.2 Å². The highest BCUT2D eigenvalue weighted by Crippen LogP contribution is 2.29. The second-order valence-corrected chi connectivity index (χ2v) is 7.90. The molecule has 1 saturated heterocycles. The van der Waals surface area contributed by atoms with E-state index in [1.807, 2.05) is 4.90 Å². The molecule has 0 aliphatic carbocycles. The van der Waals surface area contributed by atoms with Crippen LogP contribution in [-0.4, -0.2) is 49.7 Å². The fourth-order valence-electron chi connectivity index (χ4n) is 3.54. The van der Waals surface area contributed by atoms with Gasteiger partial charge < -0.3 is 10.0 Å². The maximum atomic E-state index is 12.9. The Bertz CT molecular complexity index is 1100. The number of halogens is 3. The summed E-state index contributed by atoms with van der Waals surface area (Å²) in [5.41, 5.74) is 2.83. The number of piperidine rings is 1. The van der Waals surface area contributed by atoms with Gasteiger partial charge >= 0.3 is 12.1 Å². The van der Waals surface area contributed by atoms with Crippen LogP contribution in [0.5, 0.6) is 0 Å². The first-order valence-electron chi connectivity index (χ1n) is 9.80. The number of nitrogens with zero attached hydrogens (tertiary/aromatic N) is 3. The summed E-state index contributed by atoms with van der Waals surface area (Å²) in [4.78, 5) is 25.7. The summed E-state index contributed by atoms with van der Waals surface area (Å²) >= 11 is 5.31. The molecule has 1 aliphatic heterocycles. The maximum absolute atomic E-state index is 12.9. The average molecular weight is 469 g/mol. The second-order valence-electron chi connectivity index (χ2n) is 7.51. The molecule has 172 valence electrons. The Morgan fingerprint density at radius 3 is 2.38 bits per heavy atom. The van der Waals surface area contributed by atoms with Gasteiger partial charge in [-0.3, -0.25) is 20.1 Å². The molecule has 1 fully saturated rings. The van der Waals surface area contributed by atoms with Gasteiger partial charge in [0.15, 0.2) is 5.11 Å². The van der Waals surface area contributed by atoms with Gasteiger partial charge in [-0.1, -0.05) is 0 Å². The number of aromatic nitrogens is 2. The van der Waals surface area contributed by atoms with Gasteiger partial charge in [0.05, 0.1) is 28.4 Å². The molecule has 0 unspecified atom stereocenters. The smallest absolute Gasteiger partial charge is 0.416 e. The van der Waals surface area contributed by atoms with Crippen LogP contribution in [0, 0.1) is 12.8 Å². The lowest BCUT2D eigenvalue weighted by atomic mass is 9.97. The molecule has 2 aromatic rings. The highest BCUT2D eigenvalue weighted by atomic mass is 32.1. The van der Waals surface area contributed by atoms with Crippen molar-refractivity contribution in [1.82, 2.24) is 20.1 Å². The Labute approximate surface area is 186 Å². The number of carboxylic acids is 1. The molecule has 0 bridgehead atoms. The Morgan fingerprint density at radius 2 is 1.84 bits per heavy atom. The third kappa shape index (κ3) is 5.01. The van der Waals surface area contributed by atoms with Crippen molar-refractivity contribution in [2.24, 2.45) is 11.0 Å². The van der Waals surface area contributed by atoms with Gasteiger partial charge in [0.1, 0.15) is 0 Å². The fraction of sp³-hybridized carbons (Fsp3) is 0.400. The van der Waals surface area contributed by atoms with Gasteiger partial charge in [-0.2, -0.15) is 18.3 Å². The number of hydrazone groups is 1. The molecule has 32 heavy (non-hydrogen) atoms. The van der Waals surface area contributed by atoms with E-state index in [1.54, 1.807) is 13.8 Å². The first-order chi connectivity index (χ1) is 15.0. The van der Waals surface area contributed by atoms with Crippen molar-refractivity contribution in [1.29, 1.82) is 0 Å². The van der Waals surface area contributed by atoms with Crippen LogP contribution in [0.1, 0.15) is 36.6 Å². The molecular formula is C20H22F3N5O3S. The van der Waals surface area contributed by atoms with Crippen LogP contribution in [0.2, 0.25) is 0 Å². The molecule has 2 heterocycles. The lowest BCUT2D eigenvalue weighted by Crippen LogP contribution is -2.44. The van der Waals surface area contributed by atoms with E-state index < -0.39 is 23.3 Å². The summed E-state index contributed by atoms with van der Waals surface area (Å²) in [6.07, 6.45) is -3.50. The lowest BCUT2D eigenvalue weighted by Gasteiger charge is -2.31. The minimum absolute atomic E-state index is 0.259. The first-order valence-corrected chi connectivity index (χ1v) is 10.2. The van der Waals surface area contributed by atoms with Crippen LogP contribution in [0.25, 0.3) is 5.69 Å². The number of hydrogen-bond donors (Lipinski definition) is 3. The Hall–Kier alpha value is -3.15. The van der Waals surface area contributed by atoms with Crippen LogP contribution in [0.4, 0.5) is 13.2 Å². The monoisotopic (exact) mass is 469 g/mol. The quantitative estimate of drug-likeness (QED) is 0.362. The fourth-order valence-corrected chi connectivity index (χ4v) is 3.77. The normalized spacial score (nSPS) is 15.7. The van der Waals surface area contributed by atoms with Crippen molar-refractivity contribution in [3.05, 3.63) is 51.4 Å². The van der Waals surface area contributed by atoms with Crippen molar-refractivity contribution in [3.8, 4) is 5.69 Å². The summed E-state index contributed by atoms with van der Waals surface area (Å²) in [6.45, 7) is 4.24. The lowest BCUT2D eigenvalue weighted by molar-refractivity contribution is -0.143. The zero-order chi connectivity index (χ0) is 23.6. The maximum Gasteiger partial charge on any atom is 0.416 e. The average Bonchev–Trinajstić information content (AvgIpc) is 3.05. The molecule has 0 atom stereocenters. The minimum atomic E-state index is -4.46. The highest BCUT2D eigenvalue weighted by Gasteiger charge is 2.30. The summed E-state index contributed by atoms with van der Waals surface area (Å²) in [5.74, 6) is -1.20. The number of rotatable bonds is 4. The van der Waals surface area contributed by atoms with Gasteiger partial charge in [0.25, 0.3) is 5.56 Å². The van der Waals surface area contributed by atoms with Gasteiger partial charge in [0.2, 0.25) is 0 Å². The van der Waals surface area contributed by atoms with E-state index in [-0.39, 0.29) is 17.2 Å². The third-order valence-corrected chi connectivity index (χ3v) is 5.69. The van der Waals surface area contributed by atoms with Crippen LogP contribution in [-0.2, 0) is 11.0 Å². The number of carbonyl (C=O) groups is 1. The molecule has 8 nitrogen and oxygen atoms in total. The number of alkyl halides is 3. The number of thiocarbonyl (C=S) groups is 1. The molecule has 0 amide bonds. The molecule has 0 radical (unpaired) electrons. The zero-order valence-corrected chi connectivity index (χ0v) is 18.2. The summed E-state index contributed by atoms with van der Waals surface area (Å²) in [5, 5.41) is 16.4. The Morgan fingerprint density at radius 1 is 1.25 bits per heavy atom. The number of aromatic amines is 1. The van der Waals surface area contributed by atoms with Gasteiger partial charge in [0, 0.05) is 18.8 Å². The minimum Gasteiger partial charge on any atom is -0.481 e. The Balaban J connectivity index is 1.74. The molecule has 1 aliphatic rings. The van der Waals surface area contributed by atoms with Crippen molar-refractivity contribution in [2.45, 2.75) is 32.9 Å². The van der Waals surface area contributed by atoms with Crippen LogP contribution in [0.3, 0.4) is 0 Å². The van der Waals surface area contributed by atoms with E-state index >= 15 is 0 Å². The van der Waals surface area contributed by atoms with Crippen molar-refractivity contribution in [2.75, 3.05) is 13.1 Å². The Kier molecular flexibility index (Phi) is 6.72. The molecule has 1 aromatic carbocycles. The molecular weight excluding hydrogens is 447 g/mol. The number of carboxylic acid groups (broad SMARTS) is 1. The molecule has 12 heteroatoms. The highest BCUT2D eigenvalue weighted by molar-refractivity contribution is 7.80. The largest absolute Gasteiger partial charge is 0.481 e. The van der Waals surface area contributed by atoms with Crippen molar-refractivity contribution in [3.63, 3.8) is 0 Å². The number of nitrogens with one attached hydrogen (secondary N) is 2. The number of aryl methyl sites for hydroxylation is 1. The number of benzene rings is 1. The van der Waals surface area contributed by atoms with E-state index in [1.165, 1.54) is 12.1 Å². The number of aliphatic carboxylic acids is 1.